The Morgan fingerprint density at radius 2 is 1.64 bits per heavy atom. The summed E-state index contributed by atoms with van der Waals surface area (Å²) in [7, 11) is 5.13. The molecule has 0 saturated carbocycles. The van der Waals surface area contributed by atoms with Crippen molar-refractivity contribution >= 4 is 17.5 Å². The zero-order chi connectivity index (χ0) is 20.1. The number of rotatable bonds is 5. The SMILES string of the molecule is COc1ccc(OC)c(NC(=O)c2cccc(C(=O)N3CCN(C)CC3)c2)c1. The van der Waals surface area contributed by atoms with Crippen LogP contribution in [0, 0.1) is 0 Å². The quantitative estimate of drug-likeness (QED) is 0.858. The minimum atomic E-state index is -0.320. The van der Waals surface area contributed by atoms with E-state index < -0.39 is 0 Å². The maximum atomic E-state index is 12.8. The highest BCUT2D eigenvalue weighted by Crippen LogP contribution is 2.29. The van der Waals surface area contributed by atoms with Crippen LogP contribution in [0.1, 0.15) is 20.7 Å². The van der Waals surface area contributed by atoms with Crippen molar-refractivity contribution in [3.05, 3.63) is 53.6 Å². The van der Waals surface area contributed by atoms with Crippen molar-refractivity contribution in [2.24, 2.45) is 0 Å². The van der Waals surface area contributed by atoms with Gasteiger partial charge < -0.3 is 24.6 Å². The van der Waals surface area contributed by atoms with E-state index in [0.29, 0.717) is 41.4 Å². The lowest BCUT2D eigenvalue weighted by molar-refractivity contribution is 0.0664. The number of ether oxygens (including phenoxy) is 2. The van der Waals surface area contributed by atoms with Gasteiger partial charge in [-0.3, -0.25) is 9.59 Å². The molecule has 7 heteroatoms. The monoisotopic (exact) mass is 383 g/mol. The number of piperazine rings is 1. The molecule has 1 saturated heterocycles. The van der Waals surface area contributed by atoms with E-state index in [1.165, 1.54) is 7.11 Å². The van der Waals surface area contributed by atoms with Gasteiger partial charge in [-0.15, -0.1) is 0 Å². The molecule has 7 nitrogen and oxygen atoms in total. The average molecular weight is 383 g/mol. The van der Waals surface area contributed by atoms with Gasteiger partial charge >= 0.3 is 0 Å². The fourth-order valence-electron chi connectivity index (χ4n) is 3.09. The first-order valence-corrected chi connectivity index (χ1v) is 9.13. The fraction of sp³-hybridized carbons (Fsp3) is 0.333. The second kappa shape index (κ2) is 8.75. The van der Waals surface area contributed by atoms with Gasteiger partial charge in [0.2, 0.25) is 0 Å². The molecule has 2 amide bonds. The molecule has 1 aliphatic rings. The third-order valence-corrected chi connectivity index (χ3v) is 4.82. The van der Waals surface area contributed by atoms with E-state index in [2.05, 4.69) is 10.2 Å². The predicted molar refractivity (Wildman–Crippen MR) is 107 cm³/mol. The number of methoxy groups -OCH3 is 2. The number of amides is 2. The topological polar surface area (TPSA) is 71.1 Å². The van der Waals surface area contributed by atoms with Gasteiger partial charge in [0.25, 0.3) is 11.8 Å². The molecule has 0 unspecified atom stereocenters. The first-order valence-electron chi connectivity index (χ1n) is 9.13. The van der Waals surface area contributed by atoms with Crippen molar-refractivity contribution < 1.29 is 19.1 Å². The third-order valence-electron chi connectivity index (χ3n) is 4.82. The second-order valence-electron chi connectivity index (χ2n) is 6.70. The highest BCUT2D eigenvalue weighted by Gasteiger charge is 2.21. The van der Waals surface area contributed by atoms with E-state index in [1.807, 2.05) is 11.9 Å². The van der Waals surface area contributed by atoms with E-state index in [-0.39, 0.29) is 11.8 Å². The summed E-state index contributed by atoms with van der Waals surface area (Å²) in [5, 5.41) is 2.83. The van der Waals surface area contributed by atoms with E-state index in [4.69, 9.17) is 9.47 Å². The minimum absolute atomic E-state index is 0.0540. The molecule has 148 valence electrons. The molecule has 2 aromatic carbocycles. The number of anilines is 1. The van der Waals surface area contributed by atoms with Crippen LogP contribution in [0.4, 0.5) is 5.69 Å². The van der Waals surface area contributed by atoms with Crippen LogP contribution >= 0.6 is 0 Å². The van der Waals surface area contributed by atoms with Crippen LogP contribution < -0.4 is 14.8 Å². The Labute approximate surface area is 164 Å². The van der Waals surface area contributed by atoms with Gasteiger partial charge in [0.1, 0.15) is 11.5 Å². The van der Waals surface area contributed by atoms with Crippen molar-refractivity contribution in [2.75, 3.05) is 52.8 Å². The summed E-state index contributed by atoms with van der Waals surface area (Å²) in [6.45, 7) is 3.07. The van der Waals surface area contributed by atoms with Gasteiger partial charge in [-0.05, 0) is 37.4 Å². The molecule has 0 aliphatic carbocycles. The number of benzene rings is 2. The summed E-state index contributed by atoms with van der Waals surface area (Å²) in [5.74, 6) is 0.759. The minimum Gasteiger partial charge on any atom is -0.497 e. The lowest BCUT2D eigenvalue weighted by Crippen LogP contribution is -2.47. The van der Waals surface area contributed by atoms with Gasteiger partial charge in [-0.2, -0.15) is 0 Å². The van der Waals surface area contributed by atoms with Gasteiger partial charge in [-0.25, -0.2) is 0 Å². The Hall–Kier alpha value is -3.06. The number of hydrogen-bond acceptors (Lipinski definition) is 5. The lowest BCUT2D eigenvalue weighted by Gasteiger charge is -2.32. The predicted octanol–water partition coefficient (Wildman–Crippen LogP) is 2.34. The molecule has 3 rings (SSSR count). The van der Waals surface area contributed by atoms with E-state index in [1.54, 1.807) is 49.6 Å². The van der Waals surface area contributed by atoms with Gasteiger partial charge in [-0.1, -0.05) is 6.07 Å². The maximum Gasteiger partial charge on any atom is 0.255 e. The first-order chi connectivity index (χ1) is 13.5. The molecule has 1 aliphatic heterocycles. The maximum absolute atomic E-state index is 12.8. The number of likely N-dealkylation sites (N-methyl/N-ethyl adjacent to an activating group) is 1. The Balaban J connectivity index is 1.76. The Kier molecular flexibility index (Phi) is 6.16. The fourth-order valence-corrected chi connectivity index (χ4v) is 3.09. The summed E-state index contributed by atoms with van der Waals surface area (Å²) < 4.78 is 10.5. The van der Waals surface area contributed by atoms with E-state index in [9.17, 15) is 9.59 Å². The zero-order valence-corrected chi connectivity index (χ0v) is 16.4. The van der Waals surface area contributed by atoms with Crippen LogP contribution in [0.25, 0.3) is 0 Å². The largest absolute Gasteiger partial charge is 0.497 e. The Morgan fingerprint density at radius 1 is 0.929 bits per heavy atom. The lowest BCUT2D eigenvalue weighted by atomic mass is 10.1. The molecule has 0 atom stereocenters. The summed E-state index contributed by atoms with van der Waals surface area (Å²) in [6, 6.07) is 11.9. The van der Waals surface area contributed by atoms with Crippen molar-refractivity contribution in [3.63, 3.8) is 0 Å². The summed E-state index contributed by atoms with van der Waals surface area (Å²) in [6.07, 6.45) is 0. The summed E-state index contributed by atoms with van der Waals surface area (Å²) in [5.41, 5.74) is 1.42. The number of carbonyl (C=O) groups is 2. The van der Waals surface area contributed by atoms with E-state index in [0.717, 1.165) is 13.1 Å². The smallest absolute Gasteiger partial charge is 0.255 e. The van der Waals surface area contributed by atoms with Crippen molar-refractivity contribution in [1.29, 1.82) is 0 Å². The highest BCUT2D eigenvalue weighted by molar-refractivity contribution is 6.06. The van der Waals surface area contributed by atoms with Crippen LogP contribution in [0.15, 0.2) is 42.5 Å². The molecule has 0 bridgehead atoms. The van der Waals surface area contributed by atoms with Crippen molar-refractivity contribution in [1.82, 2.24) is 9.80 Å². The zero-order valence-electron chi connectivity index (χ0n) is 16.4. The molecular weight excluding hydrogens is 358 g/mol. The van der Waals surface area contributed by atoms with Crippen LogP contribution in [0.5, 0.6) is 11.5 Å². The third kappa shape index (κ3) is 4.43. The average Bonchev–Trinajstić information content (AvgIpc) is 2.73. The second-order valence-corrected chi connectivity index (χ2v) is 6.70. The van der Waals surface area contributed by atoms with Crippen LogP contribution in [-0.2, 0) is 0 Å². The van der Waals surface area contributed by atoms with E-state index >= 15 is 0 Å². The molecule has 0 radical (unpaired) electrons. The highest BCUT2D eigenvalue weighted by atomic mass is 16.5. The van der Waals surface area contributed by atoms with Gasteiger partial charge in [0.15, 0.2) is 0 Å². The summed E-state index contributed by atoms with van der Waals surface area (Å²) in [4.78, 5) is 29.5. The first kappa shape index (κ1) is 19.7. The molecule has 28 heavy (non-hydrogen) atoms. The van der Waals surface area contributed by atoms with Crippen LogP contribution in [0.3, 0.4) is 0 Å². The number of hydrogen-bond donors (Lipinski definition) is 1. The van der Waals surface area contributed by atoms with Crippen LogP contribution in [0.2, 0.25) is 0 Å². The molecule has 1 N–H and O–H groups in total. The summed E-state index contributed by atoms with van der Waals surface area (Å²) >= 11 is 0. The number of nitrogens with zero attached hydrogens (tertiary/aromatic N) is 2. The normalized spacial score (nSPS) is 14.5. The Bertz CT molecular complexity index is 860. The van der Waals surface area contributed by atoms with Crippen molar-refractivity contribution in [2.45, 2.75) is 0 Å². The molecule has 1 fully saturated rings. The molecule has 0 spiro atoms. The molecule has 1 heterocycles. The van der Waals surface area contributed by atoms with Gasteiger partial charge in [0, 0.05) is 43.4 Å². The standard InChI is InChI=1S/C21H25N3O4/c1-23-9-11-24(12-10-23)21(26)16-6-4-5-15(13-16)20(25)22-18-14-17(27-2)7-8-19(18)28-3/h4-8,13-14H,9-12H2,1-3H3,(H,22,25). The molecular formula is C21H25N3O4. The van der Waals surface area contributed by atoms with Crippen molar-refractivity contribution in [3.8, 4) is 11.5 Å². The van der Waals surface area contributed by atoms with Crippen LogP contribution in [-0.4, -0.2) is 69.1 Å². The van der Waals surface area contributed by atoms with Gasteiger partial charge in [0.05, 0.1) is 19.9 Å². The Morgan fingerprint density at radius 3 is 2.32 bits per heavy atom. The number of carbonyl (C=O) groups excluding carboxylic acids is 2. The molecule has 2 aromatic rings. The number of nitrogens with one attached hydrogen (secondary N) is 1. The molecule has 0 aromatic heterocycles.